The van der Waals surface area contributed by atoms with E-state index in [1.807, 2.05) is 0 Å². The van der Waals surface area contributed by atoms with Crippen LogP contribution in [0.15, 0.2) is 0 Å². The van der Waals surface area contributed by atoms with Crippen molar-refractivity contribution < 1.29 is 19.0 Å². The largest absolute Gasteiger partial charge is 0.379 e. The lowest BCUT2D eigenvalue weighted by Crippen LogP contribution is -2.28. The number of hydrogen-bond acceptors (Lipinski definition) is 4. The quantitative estimate of drug-likeness (QED) is 0.165. The fraction of sp³-hybridized carbons (Fsp3) is 0.955. The number of ether oxygens (including phenoxy) is 3. The van der Waals surface area contributed by atoms with Crippen LogP contribution in [0, 0.1) is 0 Å². The van der Waals surface area contributed by atoms with Gasteiger partial charge in [0.15, 0.2) is 0 Å². The number of alkyl halides is 1. The minimum Gasteiger partial charge on any atom is -0.379 e. The van der Waals surface area contributed by atoms with Crippen LogP contribution in [0.25, 0.3) is 0 Å². The van der Waals surface area contributed by atoms with Crippen molar-refractivity contribution in [2.75, 3.05) is 51.5 Å². The number of carbonyl (C=O) groups is 1. The summed E-state index contributed by atoms with van der Waals surface area (Å²) in [5, 5.41) is 3.05. The number of amides is 1. The molecule has 0 fully saturated rings. The van der Waals surface area contributed by atoms with Crippen LogP contribution < -0.4 is 5.32 Å². The van der Waals surface area contributed by atoms with Crippen molar-refractivity contribution in [2.24, 2.45) is 0 Å². The monoisotopic (exact) mass is 465 g/mol. The summed E-state index contributed by atoms with van der Waals surface area (Å²) in [5.41, 5.74) is 0. The summed E-state index contributed by atoms with van der Waals surface area (Å²) >= 11 is 3.09. The summed E-state index contributed by atoms with van der Waals surface area (Å²) in [7, 11) is 0. The van der Waals surface area contributed by atoms with Gasteiger partial charge in [-0.25, -0.2) is 0 Å². The Morgan fingerprint density at radius 1 is 0.643 bits per heavy atom. The Bertz CT molecular complexity index is 319. The third-order valence-corrected chi connectivity index (χ3v) is 5.09. The first-order valence-electron chi connectivity index (χ1n) is 11.4. The minimum atomic E-state index is -0.0230. The van der Waals surface area contributed by atoms with Crippen molar-refractivity contribution in [3.8, 4) is 0 Å². The number of rotatable bonds is 23. The molecule has 28 heavy (non-hydrogen) atoms. The van der Waals surface area contributed by atoms with Crippen LogP contribution in [0.4, 0.5) is 0 Å². The second-order valence-electron chi connectivity index (χ2n) is 7.21. The van der Waals surface area contributed by atoms with Crippen LogP contribution in [0.2, 0.25) is 0 Å². The molecule has 0 radical (unpaired) electrons. The van der Waals surface area contributed by atoms with Gasteiger partial charge in [0, 0.05) is 13.2 Å². The second kappa shape index (κ2) is 24.9. The molecule has 6 heteroatoms. The van der Waals surface area contributed by atoms with Gasteiger partial charge in [0.2, 0.25) is 5.91 Å². The SMILES string of the molecule is CCCCCCCCCCCCCCOCCOCCOCCNC(=O)CBr. The van der Waals surface area contributed by atoms with Gasteiger partial charge >= 0.3 is 0 Å². The van der Waals surface area contributed by atoms with Crippen molar-refractivity contribution in [3.63, 3.8) is 0 Å². The van der Waals surface area contributed by atoms with E-state index >= 15 is 0 Å². The normalized spacial score (nSPS) is 11.1. The fourth-order valence-corrected chi connectivity index (χ4v) is 3.10. The minimum absolute atomic E-state index is 0.0230. The zero-order chi connectivity index (χ0) is 20.5. The summed E-state index contributed by atoms with van der Waals surface area (Å²) in [4.78, 5) is 11.0. The lowest BCUT2D eigenvalue weighted by atomic mass is 10.1. The van der Waals surface area contributed by atoms with Crippen LogP contribution in [-0.2, 0) is 19.0 Å². The maximum Gasteiger partial charge on any atom is 0.230 e. The Morgan fingerprint density at radius 2 is 1.07 bits per heavy atom. The highest BCUT2D eigenvalue weighted by molar-refractivity contribution is 9.09. The highest BCUT2D eigenvalue weighted by Gasteiger charge is 1.97. The van der Waals surface area contributed by atoms with Crippen molar-refractivity contribution in [1.82, 2.24) is 5.32 Å². The Kier molecular flexibility index (Phi) is 24.7. The molecule has 0 saturated carbocycles. The molecule has 0 aliphatic rings. The van der Waals surface area contributed by atoms with Gasteiger partial charge in [0.1, 0.15) is 0 Å². The maximum absolute atomic E-state index is 11.0. The van der Waals surface area contributed by atoms with Gasteiger partial charge in [0.05, 0.1) is 38.4 Å². The van der Waals surface area contributed by atoms with Crippen LogP contribution in [0.1, 0.15) is 84.0 Å². The summed E-state index contributed by atoms with van der Waals surface area (Å²) in [6.45, 7) is 6.53. The highest BCUT2D eigenvalue weighted by Crippen LogP contribution is 2.11. The van der Waals surface area contributed by atoms with E-state index in [0.29, 0.717) is 44.9 Å². The maximum atomic E-state index is 11.0. The zero-order valence-electron chi connectivity index (χ0n) is 18.2. The van der Waals surface area contributed by atoms with Gasteiger partial charge in [-0.15, -0.1) is 0 Å². The standard InChI is InChI=1S/C22H44BrNO4/c1-2-3-4-5-6-7-8-9-10-11-12-13-15-26-17-19-28-20-18-27-16-14-24-22(25)21-23/h2-21H2,1H3,(H,24,25). The molecule has 0 aromatic heterocycles. The van der Waals surface area contributed by atoms with Crippen LogP contribution in [-0.4, -0.2) is 57.4 Å². The topological polar surface area (TPSA) is 56.8 Å². The lowest BCUT2D eigenvalue weighted by Gasteiger charge is -2.07. The number of halogens is 1. The van der Waals surface area contributed by atoms with Crippen LogP contribution in [0.5, 0.6) is 0 Å². The third kappa shape index (κ3) is 23.9. The molecule has 0 unspecified atom stereocenters. The predicted molar refractivity (Wildman–Crippen MR) is 120 cm³/mol. The zero-order valence-corrected chi connectivity index (χ0v) is 19.7. The third-order valence-electron chi connectivity index (χ3n) is 4.58. The van der Waals surface area contributed by atoms with E-state index in [1.54, 1.807) is 0 Å². The van der Waals surface area contributed by atoms with E-state index in [0.717, 1.165) is 13.0 Å². The van der Waals surface area contributed by atoms with Gasteiger partial charge in [-0.05, 0) is 6.42 Å². The average Bonchev–Trinajstić information content (AvgIpc) is 2.71. The first kappa shape index (κ1) is 27.8. The van der Waals surface area contributed by atoms with E-state index in [9.17, 15) is 4.79 Å². The number of carbonyl (C=O) groups excluding carboxylic acids is 1. The number of hydrogen-bond donors (Lipinski definition) is 1. The van der Waals surface area contributed by atoms with Gasteiger partial charge in [-0.3, -0.25) is 4.79 Å². The molecule has 0 atom stereocenters. The predicted octanol–water partition coefficient (Wildman–Crippen LogP) is 5.25. The molecule has 0 aliphatic carbocycles. The van der Waals surface area contributed by atoms with Gasteiger partial charge in [-0.1, -0.05) is 93.5 Å². The molecule has 5 nitrogen and oxygen atoms in total. The van der Waals surface area contributed by atoms with Gasteiger partial charge in [-0.2, -0.15) is 0 Å². The molecule has 0 saturated heterocycles. The van der Waals surface area contributed by atoms with E-state index in [2.05, 4.69) is 28.2 Å². The summed E-state index contributed by atoms with van der Waals surface area (Å²) in [5.74, 6) is -0.0230. The Balaban J connectivity index is 3.00. The van der Waals surface area contributed by atoms with Gasteiger partial charge in [0.25, 0.3) is 0 Å². The Hall–Kier alpha value is -0.170. The van der Waals surface area contributed by atoms with Crippen molar-refractivity contribution in [1.29, 1.82) is 0 Å². The van der Waals surface area contributed by atoms with Gasteiger partial charge < -0.3 is 19.5 Å². The van der Waals surface area contributed by atoms with E-state index in [4.69, 9.17) is 14.2 Å². The smallest absolute Gasteiger partial charge is 0.230 e. The molecule has 0 aromatic rings. The molecule has 0 heterocycles. The molecule has 1 amide bonds. The first-order chi connectivity index (χ1) is 13.8. The summed E-state index contributed by atoms with van der Waals surface area (Å²) in [6.07, 6.45) is 16.4. The summed E-state index contributed by atoms with van der Waals surface area (Å²) in [6, 6.07) is 0. The number of nitrogens with one attached hydrogen (secondary N) is 1. The molecule has 0 aliphatic heterocycles. The fourth-order valence-electron chi connectivity index (χ4n) is 2.90. The van der Waals surface area contributed by atoms with E-state index in [-0.39, 0.29) is 5.91 Å². The first-order valence-corrected chi connectivity index (χ1v) is 12.5. The van der Waals surface area contributed by atoms with E-state index < -0.39 is 0 Å². The van der Waals surface area contributed by atoms with Crippen molar-refractivity contribution in [3.05, 3.63) is 0 Å². The Morgan fingerprint density at radius 3 is 1.57 bits per heavy atom. The highest BCUT2D eigenvalue weighted by atomic mass is 79.9. The average molecular weight is 467 g/mol. The molecule has 0 aromatic carbocycles. The lowest BCUT2D eigenvalue weighted by molar-refractivity contribution is -0.118. The Labute approximate surface area is 181 Å². The van der Waals surface area contributed by atoms with Crippen molar-refractivity contribution >= 4 is 21.8 Å². The number of unbranched alkanes of at least 4 members (excludes halogenated alkanes) is 11. The molecule has 1 N–H and O–H groups in total. The molecule has 0 bridgehead atoms. The molecule has 0 spiro atoms. The molecular weight excluding hydrogens is 422 g/mol. The summed E-state index contributed by atoms with van der Waals surface area (Å²) < 4.78 is 16.4. The van der Waals surface area contributed by atoms with E-state index in [1.165, 1.54) is 70.6 Å². The molecular formula is C22H44BrNO4. The molecule has 168 valence electrons. The van der Waals surface area contributed by atoms with Crippen molar-refractivity contribution in [2.45, 2.75) is 84.0 Å². The van der Waals surface area contributed by atoms with Crippen LogP contribution >= 0.6 is 15.9 Å². The van der Waals surface area contributed by atoms with Crippen LogP contribution in [0.3, 0.4) is 0 Å². The second-order valence-corrected chi connectivity index (χ2v) is 7.77. The molecule has 0 rings (SSSR count).